The Balaban J connectivity index is 1.52. The molecule has 3 aromatic rings. The number of hydrogen-bond acceptors (Lipinski definition) is 5. The molecule has 0 spiro atoms. The van der Waals surface area contributed by atoms with Gasteiger partial charge in [0, 0.05) is 12.1 Å². The topological polar surface area (TPSA) is 80.5 Å². The van der Waals surface area contributed by atoms with Crippen LogP contribution in [0, 0.1) is 0 Å². The minimum Gasteiger partial charge on any atom is -0.497 e. The molecule has 0 bridgehead atoms. The Bertz CT molecular complexity index is 1070. The highest BCUT2D eigenvalue weighted by Crippen LogP contribution is 2.36. The molecule has 1 saturated heterocycles. The molecule has 2 aromatic carbocycles. The minimum absolute atomic E-state index is 0.238. The zero-order valence-electron chi connectivity index (χ0n) is 16.5. The number of methoxy groups -OCH3 is 1. The summed E-state index contributed by atoms with van der Waals surface area (Å²) in [5, 5.41) is 6.35. The Morgan fingerprint density at radius 3 is 2.65 bits per heavy atom. The van der Waals surface area contributed by atoms with E-state index in [4.69, 9.17) is 9.26 Å². The average Bonchev–Trinajstić information content (AvgIpc) is 3.43. The zero-order valence-corrected chi connectivity index (χ0v) is 16.5. The van der Waals surface area contributed by atoms with Crippen molar-refractivity contribution in [2.45, 2.75) is 25.1 Å². The fourth-order valence-electron chi connectivity index (χ4n) is 3.52. The number of para-hydroxylation sites is 1. The second kappa shape index (κ2) is 8.29. The van der Waals surface area contributed by atoms with Crippen LogP contribution in [0.5, 0.6) is 5.75 Å². The normalized spacial score (nSPS) is 16.4. The molecule has 1 atom stereocenters. The van der Waals surface area contributed by atoms with E-state index in [0.717, 1.165) is 6.07 Å². The van der Waals surface area contributed by atoms with Gasteiger partial charge in [0.15, 0.2) is 0 Å². The van der Waals surface area contributed by atoms with Gasteiger partial charge in [0.05, 0.1) is 18.4 Å². The first kappa shape index (κ1) is 20.7. The van der Waals surface area contributed by atoms with E-state index < -0.39 is 23.8 Å². The van der Waals surface area contributed by atoms with Crippen LogP contribution in [-0.2, 0) is 6.18 Å². The van der Waals surface area contributed by atoms with E-state index >= 15 is 0 Å². The molecule has 0 saturated carbocycles. The molecule has 1 aliphatic rings. The predicted molar refractivity (Wildman–Crippen MR) is 105 cm³/mol. The molecule has 0 radical (unpaired) electrons. The smallest absolute Gasteiger partial charge is 0.418 e. The highest BCUT2D eigenvalue weighted by Gasteiger charge is 2.37. The zero-order chi connectivity index (χ0) is 22.0. The van der Waals surface area contributed by atoms with Crippen LogP contribution in [0.4, 0.5) is 23.7 Å². The number of nitrogens with zero attached hydrogens (tertiary/aromatic N) is 3. The van der Waals surface area contributed by atoms with E-state index in [0.29, 0.717) is 36.5 Å². The number of halogens is 3. The standard InChI is InChI=1S/C21H19F3N4O3/c1-30-14-10-8-13(9-11-14)18-26-19(31-27-18)17-7-4-12-28(17)20(29)25-16-6-3-2-5-15(16)21(22,23)24/h2-3,5-6,8-11,17H,4,7,12H2,1H3,(H,25,29)/t17-/m0/s1. The van der Waals surface area contributed by atoms with Gasteiger partial charge in [-0.05, 0) is 49.2 Å². The van der Waals surface area contributed by atoms with Gasteiger partial charge in [0.25, 0.3) is 0 Å². The van der Waals surface area contributed by atoms with Crippen molar-refractivity contribution in [2.24, 2.45) is 0 Å². The van der Waals surface area contributed by atoms with Gasteiger partial charge in [0.2, 0.25) is 11.7 Å². The maximum absolute atomic E-state index is 13.2. The van der Waals surface area contributed by atoms with Crippen molar-refractivity contribution in [1.82, 2.24) is 15.0 Å². The molecule has 0 aliphatic carbocycles. The molecule has 2 heterocycles. The number of amides is 2. The van der Waals surface area contributed by atoms with Crippen LogP contribution in [0.2, 0.25) is 0 Å². The number of ether oxygens (including phenoxy) is 1. The molecular formula is C21H19F3N4O3. The number of likely N-dealkylation sites (tertiary alicyclic amines) is 1. The number of carbonyl (C=O) groups excluding carboxylic acids is 1. The SMILES string of the molecule is COc1ccc(-c2noc([C@@H]3CCCN3C(=O)Nc3ccccc3C(F)(F)F)n2)cc1. The Hall–Kier alpha value is -3.56. The third-order valence-electron chi connectivity index (χ3n) is 5.06. The van der Waals surface area contributed by atoms with Crippen molar-refractivity contribution in [3.8, 4) is 17.1 Å². The van der Waals surface area contributed by atoms with Gasteiger partial charge in [-0.1, -0.05) is 17.3 Å². The van der Waals surface area contributed by atoms with Crippen LogP contribution in [-0.4, -0.2) is 34.7 Å². The molecule has 162 valence electrons. The average molecular weight is 432 g/mol. The van der Waals surface area contributed by atoms with E-state index in [1.807, 2.05) is 0 Å². The van der Waals surface area contributed by atoms with E-state index in [-0.39, 0.29) is 11.6 Å². The van der Waals surface area contributed by atoms with E-state index in [1.54, 1.807) is 31.4 Å². The number of nitrogens with one attached hydrogen (secondary N) is 1. The maximum atomic E-state index is 13.2. The van der Waals surface area contributed by atoms with Crippen molar-refractivity contribution in [2.75, 3.05) is 19.0 Å². The van der Waals surface area contributed by atoms with Crippen LogP contribution < -0.4 is 10.1 Å². The third-order valence-corrected chi connectivity index (χ3v) is 5.06. The fourth-order valence-corrected chi connectivity index (χ4v) is 3.52. The molecule has 31 heavy (non-hydrogen) atoms. The summed E-state index contributed by atoms with van der Waals surface area (Å²) in [5.74, 6) is 1.28. The summed E-state index contributed by atoms with van der Waals surface area (Å²) in [7, 11) is 1.56. The van der Waals surface area contributed by atoms with Crippen molar-refractivity contribution in [3.05, 3.63) is 60.0 Å². The Morgan fingerprint density at radius 1 is 1.19 bits per heavy atom. The lowest BCUT2D eigenvalue weighted by Gasteiger charge is -2.23. The molecule has 1 aliphatic heterocycles. The number of urea groups is 1. The van der Waals surface area contributed by atoms with Crippen LogP contribution in [0.15, 0.2) is 53.1 Å². The minimum atomic E-state index is -4.58. The van der Waals surface area contributed by atoms with Crippen molar-refractivity contribution >= 4 is 11.7 Å². The Kier molecular flexibility index (Phi) is 5.53. The fraction of sp³-hybridized carbons (Fsp3) is 0.286. The van der Waals surface area contributed by atoms with Crippen LogP contribution in [0.25, 0.3) is 11.4 Å². The van der Waals surface area contributed by atoms with Crippen LogP contribution >= 0.6 is 0 Å². The molecule has 1 aromatic heterocycles. The summed E-state index contributed by atoms with van der Waals surface area (Å²) in [4.78, 5) is 18.6. The number of aromatic nitrogens is 2. The molecule has 4 rings (SSSR count). The largest absolute Gasteiger partial charge is 0.497 e. The van der Waals surface area contributed by atoms with Crippen molar-refractivity contribution in [3.63, 3.8) is 0 Å². The quantitative estimate of drug-likeness (QED) is 0.618. The lowest BCUT2D eigenvalue weighted by atomic mass is 10.1. The Morgan fingerprint density at radius 2 is 1.94 bits per heavy atom. The summed E-state index contributed by atoms with van der Waals surface area (Å²) in [5.41, 5.74) is -0.488. The highest BCUT2D eigenvalue weighted by molar-refractivity contribution is 5.90. The first-order valence-electron chi connectivity index (χ1n) is 9.58. The molecule has 2 amide bonds. The van der Waals surface area contributed by atoms with Gasteiger partial charge in [-0.2, -0.15) is 18.2 Å². The van der Waals surface area contributed by atoms with Crippen molar-refractivity contribution in [1.29, 1.82) is 0 Å². The molecule has 0 unspecified atom stereocenters. The van der Waals surface area contributed by atoms with Gasteiger partial charge >= 0.3 is 12.2 Å². The van der Waals surface area contributed by atoms with E-state index in [1.165, 1.54) is 23.1 Å². The second-order valence-electron chi connectivity index (χ2n) is 7.01. The van der Waals surface area contributed by atoms with Crippen molar-refractivity contribution < 1.29 is 27.2 Å². The highest BCUT2D eigenvalue weighted by atomic mass is 19.4. The first-order valence-corrected chi connectivity index (χ1v) is 9.58. The number of rotatable bonds is 4. The van der Waals surface area contributed by atoms with Gasteiger partial charge in [-0.15, -0.1) is 0 Å². The van der Waals surface area contributed by atoms with Gasteiger partial charge in [-0.3, -0.25) is 0 Å². The van der Waals surface area contributed by atoms with E-state index in [9.17, 15) is 18.0 Å². The summed E-state index contributed by atoms with van der Waals surface area (Å²) in [6.07, 6.45) is -3.34. The second-order valence-corrected chi connectivity index (χ2v) is 7.01. The summed E-state index contributed by atoms with van der Waals surface area (Å²) < 4.78 is 50.2. The number of carbonyl (C=O) groups is 1. The first-order chi connectivity index (χ1) is 14.9. The van der Waals surface area contributed by atoms with Gasteiger partial charge < -0.3 is 19.5 Å². The molecule has 10 heteroatoms. The summed E-state index contributed by atoms with van der Waals surface area (Å²) >= 11 is 0. The monoisotopic (exact) mass is 432 g/mol. The number of anilines is 1. The van der Waals surface area contributed by atoms with Gasteiger partial charge in [0.1, 0.15) is 11.8 Å². The lowest BCUT2D eigenvalue weighted by molar-refractivity contribution is -0.136. The van der Waals surface area contributed by atoms with E-state index in [2.05, 4.69) is 15.5 Å². The predicted octanol–water partition coefficient (Wildman–Crippen LogP) is 5.13. The number of benzene rings is 2. The van der Waals surface area contributed by atoms with Gasteiger partial charge in [-0.25, -0.2) is 4.79 Å². The molecule has 7 nitrogen and oxygen atoms in total. The van der Waals surface area contributed by atoms with Crippen LogP contribution in [0.1, 0.15) is 30.3 Å². The third kappa shape index (κ3) is 4.32. The Labute approximate surface area is 175 Å². The molecule has 1 N–H and O–H groups in total. The van der Waals surface area contributed by atoms with Crippen LogP contribution in [0.3, 0.4) is 0 Å². The maximum Gasteiger partial charge on any atom is 0.418 e. The number of hydrogen-bond donors (Lipinski definition) is 1. The summed E-state index contributed by atoms with van der Waals surface area (Å²) in [6.45, 7) is 0.366. The lowest BCUT2D eigenvalue weighted by Crippen LogP contribution is -2.35. The number of alkyl halides is 3. The molecular weight excluding hydrogens is 413 g/mol. The molecule has 1 fully saturated rings. The summed E-state index contributed by atoms with van der Waals surface area (Å²) in [6, 6.07) is 10.8.